The molecule has 0 bridgehead atoms. The highest BCUT2D eigenvalue weighted by Crippen LogP contribution is 2.35. The monoisotopic (exact) mass is 247 g/mol. The second-order valence-corrected chi connectivity index (χ2v) is 5.32. The number of aryl methyl sites for hydroxylation is 2. The summed E-state index contributed by atoms with van der Waals surface area (Å²) in [7, 11) is 0. The van der Waals surface area contributed by atoms with Gasteiger partial charge in [0.25, 0.3) is 0 Å². The van der Waals surface area contributed by atoms with E-state index in [0.717, 1.165) is 17.9 Å². The minimum Gasteiger partial charge on any atom is -0.454 e. The minimum atomic E-state index is 0.363. The molecule has 0 spiro atoms. The van der Waals surface area contributed by atoms with Gasteiger partial charge in [-0.1, -0.05) is 6.42 Å². The van der Waals surface area contributed by atoms with Gasteiger partial charge >= 0.3 is 0 Å². The van der Waals surface area contributed by atoms with Gasteiger partial charge in [0.1, 0.15) is 0 Å². The molecule has 1 fully saturated rings. The third-order valence-corrected chi connectivity index (χ3v) is 4.01. The van der Waals surface area contributed by atoms with Crippen LogP contribution in [0.15, 0.2) is 12.1 Å². The van der Waals surface area contributed by atoms with Crippen LogP contribution in [-0.4, -0.2) is 19.4 Å². The van der Waals surface area contributed by atoms with Crippen molar-refractivity contribution in [3.8, 4) is 11.5 Å². The topological polar surface area (TPSA) is 30.5 Å². The van der Waals surface area contributed by atoms with Gasteiger partial charge in [0.15, 0.2) is 11.5 Å². The molecule has 0 radical (unpaired) electrons. The molecule has 0 saturated carbocycles. The molecule has 0 aliphatic carbocycles. The molecule has 18 heavy (non-hydrogen) atoms. The summed E-state index contributed by atoms with van der Waals surface area (Å²) >= 11 is 0. The van der Waals surface area contributed by atoms with E-state index >= 15 is 0 Å². The largest absolute Gasteiger partial charge is 0.454 e. The lowest BCUT2D eigenvalue weighted by Crippen LogP contribution is -2.34. The van der Waals surface area contributed by atoms with E-state index < -0.39 is 0 Å². The summed E-state index contributed by atoms with van der Waals surface area (Å²) in [6.07, 6.45) is 6.38. The summed E-state index contributed by atoms with van der Waals surface area (Å²) in [5, 5.41) is 3.61. The van der Waals surface area contributed by atoms with Gasteiger partial charge in [-0.3, -0.25) is 0 Å². The standard InChI is InChI=1S/C15H21NO2/c1-11-8-14-15(18-10-17-14)9-12(11)5-6-13-4-2-3-7-16-13/h8-9,13,16H,2-7,10H2,1H3. The molecule has 1 aromatic rings. The molecule has 3 heteroatoms. The van der Waals surface area contributed by atoms with Crippen LogP contribution in [0.3, 0.4) is 0 Å². The highest BCUT2D eigenvalue weighted by atomic mass is 16.7. The second-order valence-electron chi connectivity index (χ2n) is 5.32. The Bertz CT molecular complexity index is 425. The Hall–Kier alpha value is -1.22. The van der Waals surface area contributed by atoms with E-state index in [1.165, 1.54) is 43.4 Å². The molecule has 3 rings (SSSR count). The molecule has 1 saturated heterocycles. The highest BCUT2D eigenvalue weighted by molar-refractivity contribution is 5.48. The number of nitrogens with one attached hydrogen (secondary N) is 1. The van der Waals surface area contributed by atoms with Crippen LogP contribution in [0, 0.1) is 6.92 Å². The van der Waals surface area contributed by atoms with E-state index in [1.807, 2.05) is 0 Å². The molecule has 1 unspecified atom stereocenters. The highest BCUT2D eigenvalue weighted by Gasteiger charge is 2.17. The second kappa shape index (κ2) is 5.19. The third-order valence-electron chi connectivity index (χ3n) is 4.01. The van der Waals surface area contributed by atoms with Crippen LogP contribution >= 0.6 is 0 Å². The van der Waals surface area contributed by atoms with Crippen LogP contribution < -0.4 is 14.8 Å². The van der Waals surface area contributed by atoms with E-state index in [1.54, 1.807) is 0 Å². The first-order chi connectivity index (χ1) is 8.83. The SMILES string of the molecule is Cc1cc2c(cc1CCC1CCCCN1)OCO2. The molecule has 2 aliphatic rings. The molecular weight excluding hydrogens is 226 g/mol. The maximum absolute atomic E-state index is 5.45. The maximum atomic E-state index is 5.45. The van der Waals surface area contributed by atoms with E-state index in [9.17, 15) is 0 Å². The van der Waals surface area contributed by atoms with Gasteiger partial charge in [-0.15, -0.1) is 0 Å². The molecule has 1 N–H and O–H groups in total. The van der Waals surface area contributed by atoms with Crippen LogP contribution in [-0.2, 0) is 6.42 Å². The summed E-state index contributed by atoms with van der Waals surface area (Å²) in [4.78, 5) is 0. The summed E-state index contributed by atoms with van der Waals surface area (Å²) < 4.78 is 10.8. The predicted octanol–water partition coefficient (Wildman–Crippen LogP) is 2.80. The number of benzene rings is 1. The molecule has 98 valence electrons. The Balaban J connectivity index is 1.65. The van der Waals surface area contributed by atoms with Crippen molar-refractivity contribution in [2.75, 3.05) is 13.3 Å². The van der Waals surface area contributed by atoms with Crippen LogP contribution in [0.5, 0.6) is 11.5 Å². The molecular formula is C15H21NO2. The van der Waals surface area contributed by atoms with Crippen LogP contribution in [0.1, 0.15) is 36.8 Å². The summed E-state index contributed by atoms with van der Waals surface area (Å²) in [5.41, 5.74) is 2.71. The van der Waals surface area contributed by atoms with Crippen molar-refractivity contribution in [2.24, 2.45) is 0 Å². The first-order valence-electron chi connectivity index (χ1n) is 6.95. The zero-order valence-electron chi connectivity index (χ0n) is 11.0. The average Bonchev–Trinajstić information content (AvgIpc) is 2.84. The van der Waals surface area contributed by atoms with Crippen LogP contribution in [0.2, 0.25) is 0 Å². The molecule has 2 heterocycles. The zero-order valence-corrected chi connectivity index (χ0v) is 11.0. The van der Waals surface area contributed by atoms with E-state index in [4.69, 9.17) is 9.47 Å². The van der Waals surface area contributed by atoms with Gasteiger partial charge in [0.2, 0.25) is 6.79 Å². The van der Waals surface area contributed by atoms with Crippen molar-refractivity contribution < 1.29 is 9.47 Å². The average molecular weight is 247 g/mol. The van der Waals surface area contributed by atoms with Gasteiger partial charge in [0.05, 0.1) is 0 Å². The van der Waals surface area contributed by atoms with Gasteiger partial charge in [-0.05, 0) is 62.4 Å². The van der Waals surface area contributed by atoms with Crippen molar-refractivity contribution in [3.05, 3.63) is 23.3 Å². The Morgan fingerprint density at radius 2 is 2.06 bits per heavy atom. The Morgan fingerprint density at radius 3 is 2.83 bits per heavy atom. The predicted molar refractivity (Wildman–Crippen MR) is 71.3 cm³/mol. The zero-order chi connectivity index (χ0) is 12.4. The third kappa shape index (κ3) is 2.46. The molecule has 0 amide bonds. The normalized spacial score (nSPS) is 22.2. The number of rotatable bonds is 3. The lowest BCUT2D eigenvalue weighted by atomic mass is 9.96. The fraction of sp³-hybridized carbons (Fsp3) is 0.600. The maximum Gasteiger partial charge on any atom is 0.231 e. The van der Waals surface area contributed by atoms with Crippen molar-refractivity contribution in [1.82, 2.24) is 5.32 Å². The molecule has 1 aromatic carbocycles. The van der Waals surface area contributed by atoms with E-state index in [-0.39, 0.29) is 0 Å². The lowest BCUT2D eigenvalue weighted by molar-refractivity contribution is 0.174. The van der Waals surface area contributed by atoms with Gasteiger partial charge in [0, 0.05) is 6.04 Å². The molecule has 1 atom stereocenters. The Morgan fingerprint density at radius 1 is 1.22 bits per heavy atom. The quantitative estimate of drug-likeness (QED) is 0.891. The first-order valence-corrected chi connectivity index (χ1v) is 6.95. The van der Waals surface area contributed by atoms with Gasteiger partial charge < -0.3 is 14.8 Å². The number of fused-ring (bicyclic) bond motifs is 1. The van der Waals surface area contributed by atoms with E-state index in [0.29, 0.717) is 12.8 Å². The van der Waals surface area contributed by atoms with Gasteiger partial charge in [-0.25, -0.2) is 0 Å². The van der Waals surface area contributed by atoms with Crippen molar-refractivity contribution in [3.63, 3.8) is 0 Å². The fourth-order valence-electron chi connectivity index (χ4n) is 2.86. The molecule has 3 nitrogen and oxygen atoms in total. The minimum absolute atomic E-state index is 0.363. The van der Waals surface area contributed by atoms with Crippen molar-refractivity contribution in [1.29, 1.82) is 0 Å². The summed E-state index contributed by atoms with van der Waals surface area (Å²) in [5.74, 6) is 1.80. The number of piperidine rings is 1. The van der Waals surface area contributed by atoms with Crippen molar-refractivity contribution in [2.45, 2.75) is 45.1 Å². The summed E-state index contributed by atoms with van der Waals surface area (Å²) in [6.45, 7) is 3.71. The van der Waals surface area contributed by atoms with Gasteiger partial charge in [-0.2, -0.15) is 0 Å². The fourth-order valence-corrected chi connectivity index (χ4v) is 2.86. The van der Waals surface area contributed by atoms with Crippen LogP contribution in [0.4, 0.5) is 0 Å². The Kier molecular flexibility index (Phi) is 3.41. The van der Waals surface area contributed by atoms with Crippen LogP contribution in [0.25, 0.3) is 0 Å². The lowest BCUT2D eigenvalue weighted by Gasteiger charge is -2.23. The molecule has 0 aromatic heterocycles. The number of hydrogen-bond donors (Lipinski definition) is 1. The Labute approximate surface area is 108 Å². The summed E-state index contributed by atoms with van der Waals surface area (Å²) in [6, 6.07) is 4.95. The smallest absolute Gasteiger partial charge is 0.231 e. The van der Waals surface area contributed by atoms with E-state index in [2.05, 4.69) is 24.4 Å². The number of hydrogen-bond acceptors (Lipinski definition) is 3. The molecule has 2 aliphatic heterocycles. The number of ether oxygens (including phenoxy) is 2. The van der Waals surface area contributed by atoms with Crippen molar-refractivity contribution >= 4 is 0 Å². The first kappa shape index (κ1) is 11.8.